The molecule has 1 aromatic heterocycles. The summed E-state index contributed by atoms with van der Waals surface area (Å²) in [6.45, 7) is 8.50. The van der Waals surface area contributed by atoms with Crippen molar-refractivity contribution in [3.63, 3.8) is 0 Å². The topological polar surface area (TPSA) is 39.1 Å². The number of anilines is 1. The van der Waals surface area contributed by atoms with Gasteiger partial charge in [-0.1, -0.05) is 20.8 Å². The summed E-state index contributed by atoms with van der Waals surface area (Å²) < 4.78 is 9.15. The second-order valence-corrected chi connectivity index (χ2v) is 7.33. The van der Waals surface area contributed by atoms with E-state index in [1.54, 1.807) is 0 Å². The van der Waals surface area contributed by atoms with Crippen molar-refractivity contribution in [2.24, 2.45) is 0 Å². The summed E-state index contributed by atoms with van der Waals surface area (Å²) in [4.78, 5) is 0. The van der Waals surface area contributed by atoms with Crippen LogP contribution in [-0.2, 0) is 10.2 Å². The number of nitrogens with one attached hydrogen (secondary N) is 1. The summed E-state index contributed by atoms with van der Waals surface area (Å²) >= 11 is 3.72. The number of rotatable bonds is 1. The number of halogens is 1. The third kappa shape index (κ3) is 2.31. The lowest BCUT2D eigenvalue weighted by atomic mass is 9.92. The molecule has 106 valence electrons. The van der Waals surface area contributed by atoms with Gasteiger partial charge in [-0.25, -0.2) is 4.68 Å². The molecule has 1 N–H and O–H groups in total. The maximum Gasteiger partial charge on any atom is 0.139 e. The molecule has 2 aliphatic rings. The lowest BCUT2D eigenvalue weighted by molar-refractivity contribution is 0.0589. The lowest BCUT2D eigenvalue weighted by Gasteiger charge is -2.29. The Morgan fingerprint density at radius 3 is 2.79 bits per heavy atom. The number of hydrogen-bond donors (Lipinski definition) is 1. The van der Waals surface area contributed by atoms with Gasteiger partial charge in [-0.2, -0.15) is 5.10 Å². The minimum Gasteiger partial charge on any atom is -0.376 e. The minimum absolute atomic E-state index is 0.0476. The molecule has 2 unspecified atom stereocenters. The Balaban J connectivity index is 2.00. The second-order valence-electron chi connectivity index (χ2n) is 6.54. The zero-order chi connectivity index (χ0) is 13.6. The number of ether oxygens (including phenoxy) is 1. The van der Waals surface area contributed by atoms with Gasteiger partial charge in [0.1, 0.15) is 5.82 Å². The molecule has 0 aliphatic carbocycles. The van der Waals surface area contributed by atoms with Crippen molar-refractivity contribution in [2.75, 3.05) is 18.5 Å². The summed E-state index contributed by atoms with van der Waals surface area (Å²) in [5.74, 6) is 1.12. The Morgan fingerprint density at radius 2 is 2.16 bits per heavy atom. The molecule has 2 atom stereocenters. The highest BCUT2D eigenvalue weighted by atomic mass is 79.9. The van der Waals surface area contributed by atoms with E-state index in [-0.39, 0.29) is 5.41 Å². The van der Waals surface area contributed by atoms with E-state index in [1.165, 1.54) is 6.42 Å². The van der Waals surface area contributed by atoms with Crippen molar-refractivity contribution in [1.29, 1.82) is 0 Å². The Kier molecular flexibility index (Phi) is 3.38. The monoisotopic (exact) mass is 327 g/mol. The van der Waals surface area contributed by atoms with Gasteiger partial charge in [0.25, 0.3) is 0 Å². The first-order chi connectivity index (χ1) is 8.98. The van der Waals surface area contributed by atoms with E-state index in [1.807, 2.05) is 0 Å². The first-order valence-electron chi connectivity index (χ1n) is 7.12. The quantitative estimate of drug-likeness (QED) is 0.858. The molecule has 0 saturated carbocycles. The van der Waals surface area contributed by atoms with Crippen LogP contribution in [-0.4, -0.2) is 29.0 Å². The van der Waals surface area contributed by atoms with E-state index in [2.05, 4.69) is 46.7 Å². The number of fused-ring (bicyclic) bond motifs is 1. The number of nitrogens with zero attached hydrogens (tertiary/aromatic N) is 2. The predicted octanol–water partition coefficient (Wildman–Crippen LogP) is 3.48. The predicted molar refractivity (Wildman–Crippen MR) is 79.7 cm³/mol. The molecule has 3 heterocycles. The van der Waals surface area contributed by atoms with E-state index in [4.69, 9.17) is 9.84 Å². The molecule has 2 aliphatic heterocycles. The Labute approximate surface area is 123 Å². The van der Waals surface area contributed by atoms with Gasteiger partial charge in [-0.05, 0) is 35.2 Å². The molecule has 5 heteroatoms. The van der Waals surface area contributed by atoms with Gasteiger partial charge < -0.3 is 10.1 Å². The molecular formula is C14H22BrN3O. The fourth-order valence-corrected chi connectivity index (χ4v) is 4.00. The second kappa shape index (κ2) is 4.77. The molecule has 19 heavy (non-hydrogen) atoms. The average molecular weight is 328 g/mol. The first-order valence-corrected chi connectivity index (χ1v) is 7.92. The molecule has 0 aromatic carbocycles. The molecule has 1 aromatic rings. The lowest BCUT2D eigenvalue weighted by Crippen LogP contribution is -2.32. The van der Waals surface area contributed by atoms with Crippen LogP contribution in [0, 0.1) is 0 Å². The van der Waals surface area contributed by atoms with Crippen molar-refractivity contribution in [3.05, 3.63) is 10.2 Å². The highest BCUT2D eigenvalue weighted by Crippen LogP contribution is 2.40. The summed E-state index contributed by atoms with van der Waals surface area (Å²) in [6.07, 6.45) is 3.76. The van der Waals surface area contributed by atoms with Crippen molar-refractivity contribution >= 4 is 21.7 Å². The molecule has 0 amide bonds. The summed E-state index contributed by atoms with van der Waals surface area (Å²) in [5, 5.41) is 8.35. The van der Waals surface area contributed by atoms with Crippen LogP contribution in [0.15, 0.2) is 4.47 Å². The summed E-state index contributed by atoms with van der Waals surface area (Å²) in [6, 6.07) is 0.381. The number of aromatic nitrogens is 2. The number of hydrogen-bond acceptors (Lipinski definition) is 3. The van der Waals surface area contributed by atoms with Crippen LogP contribution < -0.4 is 5.32 Å². The molecule has 0 bridgehead atoms. The SMILES string of the molecule is CC(C)(C)c1nn2c(c1Br)NCCC2C1CCCO1. The molecular weight excluding hydrogens is 306 g/mol. The van der Waals surface area contributed by atoms with Crippen LogP contribution in [0.2, 0.25) is 0 Å². The van der Waals surface area contributed by atoms with E-state index in [9.17, 15) is 0 Å². The molecule has 4 nitrogen and oxygen atoms in total. The van der Waals surface area contributed by atoms with Crippen LogP contribution in [0.5, 0.6) is 0 Å². The van der Waals surface area contributed by atoms with Gasteiger partial charge >= 0.3 is 0 Å². The van der Waals surface area contributed by atoms with Crippen molar-refractivity contribution in [1.82, 2.24) is 9.78 Å². The molecule has 0 spiro atoms. The van der Waals surface area contributed by atoms with Crippen molar-refractivity contribution < 1.29 is 4.74 Å². The Bertz CT molecular complexity index is 472. The Hall–Kier alpha value is -0.550. The van der Waals surface area contributed by atoms with Crippen LogP contribution in [0.25, 0.3) is 0 Å². The fourth-order valence-electron chi connectivity index (χ4n) is 3.00. The maximum atomic E-state index is 5.88. The zero-order valence-electron chi connectivity index (χ0n) is 11.9. The minimum atomic E-state index is 0.0476. The summed E-state index contributed by atoms with van der Waals surface area (Å²) in [7, 11) is 0. The third-order valence-corrected chi connectivity index (χ3v) is 4.75. The molecule has 3 rings (SSSR count). The van der Waals surface area contributed by atoms with Crippen LogP contribution in [0.3, 0.4) is 0 Å². The maximum absolute atomic E-state index is 5.88. The smallest absolute Gasteiger partial charge is 0.139 e. The van der Waals surface area contributed by atoms with Gasteiger partial charge in [-0.3, -0.25) is 0 Å². The van der Waals surface area contributed by atoms with E-state index in [0.29, 0.717) is 12.1 Å². The van der Waals surface area contributed by atoms with Gasteiger partial charge in [0.05, 0.1) is 22.3 Å². The zero-order valence-corrected chi connectivity index (χ0v) is 13.5. The van der Waals surface area contributed by atoms with Crippen molar-refractivity contribution in [2.45, 2.75) is 57.6 Å². The standard InChI is InChI=1S/C14H22BrN3O/c1-14(2,3)12-11(15)13-16-7-6-9(18(13)17-12)10-5-4-8-19-10/h9-10,16H,4-8H2,1-3H3. The molecule has 1 fully saturated rings. The average Bonchev–Trinajstić information content (AvgIpc) is 2.96. The van der Waals surface area contributed by atoms with E-state index in [0.717, 1.165) is 42.0 Å². The first kappa shape index (κ1) is 13.4. The largest absolute Gasteiger partial charge is 0.376 e. The Morgan fingerprint density at radius 1 is 1.37 bits per heavy atom. The van der Waals surface area contributed by atoms with Crippen LogP contribution in [0.1, 0.15) is 51.8 Å². The highest BCUT2D eigenvalue weighted by Gasteiger charge is 2.35. The van der Waals surface area contributed by atoms with E-state index < -0.39 is 0 Å². The van der Waals surface area contributed by atoms with Crippen LogP contribution in [0.4, 0.5) is 5.82 Å². The van der Waals surface area contributed by atoms with Gasteiger partial charge in [0.2, 0.25) is 0 Å². The van der Waals surface area contributed by atoms with Gasteiger partial charge in [0.15, 0.2) is 0 Å². The molecule has 1 saturated heterocycles. The normalized spacial score (nSPS) is 27.2. The van der Waals surface area contributed by atoms with Gasteiger partial charge in [0, 0.05) is 18.6 Å². The van der Waals surface area contributed by atoms with E-state index >= 15 is 0 Å². The third-order valence-electron chi connectivity index (χ3n) is 4.00. The fraction of sp³-hybridized carbons (Fsp3) is 0.786. The molecule has 0 radical (unpaired) electrons. The van der Waals surface area contributed by atoms with Crippen molar-refractivity contribution in [3.8, 4) is 0 Å². The van der Waals surface area contributed by atoms with Crippen LogP contribution >= 0.6 is 15.9 Å². The highest BCUT2D eigenvalue weighted by molar-refractivity contribution is 9.10. The summed E-state index contributed by atoms with van der Waals surface area (Å²) in [5.41, 5.74) is 1.17. The van der Waals surface area contributed by atoms with Gasteiger partial charge in [-0.15, -0.1) is 0 Å².